The van der Waals surface area contributed by atoms with Crippen LogP contribution in [0.15, 0.2) is 11.5 Å². The molecule has 1 heterocycles. The van der Waals surface area contributed by atoms with E-state index in [0.29, 0.717) is 0 Å². The summed E-state index contributed by atoms with van der Waals surface area (Å²) in [6.45, 7) is 0. The van der Waals surface area contributed by atoms with Crippen molar-refractivity contribution >= 4 is 11.8 Å². The van der Waals surface area contributed by atoms with Crippen molar-refractivity contribution in [2.75, 3.05) is 0 Å². The summed E-state index contributed by atoms with van der Waals surface area (Å²) in [5.41, 5.74) is 0. The molecular weight excluding hydrogens is 104 g/mol. The van der Waals surface area contributed by atoms with Crippen molar-refractivity contribution in [3.8, 4) is 0 Å². The molecule has 1 saturated carbocycles. The van der Waals surface area contributed by atoms with Crippen molar-refractivity contribution in [3.05, 3.63) is 11.5 Å². The highest BCUT2D eigenvalue weighted by atomic mass is 32.2. The zero-order valence-electron chi connectivity index (χ0n) is 4.13. The van der Waals surface area contributed by atoms with Crippen LogP contribution >= 0.6 is 11.8 Å². The molecule has 0 bridgehead atoms. The van der Waals surface area contributed by atoms with Gasteiger partial charge in [-0.3, -0.25) is 0 Å². The van der Waals surface area contributed by atoms with Gasteiger partial charge in [0.05, 0.1) is 0 Å². The molecular formula is C6H8S. The van der Waals surface area contributed by atoms with Crippen molar-refractivity contribution < 1.29 is 0 Å². The lowest BCUT2D eigenvalue weighted by Gasteiger charge is -2.27. The van der Waals surface area contributed by atoms with Gasteiger partial charge in [0.2, 0.25) is 0 Å². The first-order chi connectivity index (χ1) is 3.47. The van der Waals surface area contributed by atoms with E-state index >= 15 is 0 Å². The summed E-state index contributed by atoms with van der Waals surface area (Å²) in [5.74, 6) is 0.977. The lowest BCUT2D eigenvalue weighted by Crippen LogP contribution is -2.22. The van der Waals surface area contributed by atoms with E-state index in [2.05, 4.69) is 11.5 Å². The Labute approximate surface area is 48.0 Å². The molecule has 1 aliphatic heterocycles. The number of thioether (sulfide) groups is 1. The maximum Gasteiger partial charge on any atom is 0.0152 e. The van der Waals surface area contributed by atoms with E-state index in [0.717, 1.165) is 11.2 Å². The van der Waals surface area contributed by atoms with Gasteiger partial charge in [0.25, 0.3) is 0 Å². The second kappa shape index (κ2) is 1.28. The van der Waals surface area contributed by atoms with Crippen LogP contribution in [0, 0.1) is 5.92 Å². The molecule has 2 unspecified atom stereocenters. The van der Waals surface area contributed by atoms with E-state index < -0.39 is 0 Å². The number of hydrogen-bond acceptors (Lipinski definition) is 1. The van der Waals surface area contributed by atoms with Crippen LogP contribution in [0.5, 0.6) is 0 Å². The molecule has 1 aliphatic carbocycles. The molecule has 0 N–H and O–H groups in total. The van der Waals surface area contributed by atoms with Crippen LogP contribution in [0.3, 0.4) is 0 Å². The van der Waals surface area contributed by atoms with Crippen LogP contribution in [0.2, 0.25) is 0 Å². The van der Waals surface area contributed by atoms with Gasteiger partial charge >= 0.3 is 0 Å². The molecule has 0 aromatic heterocycles. The lowest BCUT2D eigenvalue weighted by atomic mass is 9.85. The first-order valence-electron chi connectivity index (χ1n) is 2.79. The smallest absolute Gasteiger partial charge is 0.0152 e. The summed E-state index contributed by atoms with van der Waals surface area (Å²) in [6, 6.07) is 0. The van der Waals surface area contributed by atoms with Gasteiger partial charge in [0.1, 0.15) is 0 Å². The second-order valence-electron chi connectivity index (χ2n) is 2.24. The Morgan fingerprint density at radius 1 is 1.43 bits per heavy atom. The Bertz CT molecular complexity index is 107. The minimum absolute atomic E-state index is 0.977. The average Bonchev–Trinajstić information content (AvgIpc) is 1.85. The molecule has 1 fully saturated rings. The fourth-order valence-electron chi connectivity index (χ4n) is 1.13. The third-order valence-corrected chi connectivity index (χ3v) is 3.09. The quantitative estimate of drug-likeness (QED) is 0.462. The Morgan fingerprint density at radius 2 is 2.43 bits per heavy atom. The molecule has 0 amide bonds. The predicted molar refractivity (Wildman–Crippen MR) is 33.2 cm³/mol. The van der Waals surface area contributed by atoms with Crippen LogP contribution in [0.25, 0.3) is 0 Å². The first kappa shape index (κ1) is 4.02. The van der Waals surface area contributed by atoms with Crippen molar-refractivity contribution in [3.63, 3.8) is 0 Å². The van der Waals surface area contributed by atoms with E-state index in [1.54, 1.807) is 0 Å². The molecule has 0 spiro atoms. The SMILES string of the molecule is C1=CC2CCC2S1. The molecule has 1 heteroatoms. The molecule has 7 heavy (non-hydrogen) atoms. The van der Waals surface area contributed by atoms with E-state index in [1.807, 2.05) is 11.8 Å². The molecule has 0 nitrogen and oxygen atoms in total. The highest BCUT2D eigenvalue weighted by molar-refractivity contribution is 8.03. The minimum atomic E-state index is 0.977. The van der Waals surface area contributed by atoms with Gasteiger partial charge in [-0.05, 0) is 24.2 Å². The number of allylic oxidation sites excluding steroid dienone is 1. The van der Waals surface area contributed by atoms with Crippen molar-refractivity contribution in [2.24, 2.45) is 5.92 Å². The average molecular weight is 112 g/mol. The third-order valence-electron chi connectivity index (χ3n) is 1.84. The fourth-order valence-corrected chi connectivity index (χ4v) is 2.33. The Hall–Kier alpha value is 0.0900. The lowest BCUT2D eigenvalue weighted by molar-refractivity contribution is 0.412. The molecule has 2 aliphatic rings. The van der Waals surface area contributed by atoms with E-state index in [9.17, 15) is 0 Å². The van der Waals surface area contributed by atoms with Gasteiger partial charge in [-0.1, -0.05) is 6.08 Å². The summed E-state index contributed by atoms with van der Waals surface area (Å²) in [6.07, 6.45) is 5.26. The summed E-state index contributed by atoms with van der Waals surface area (Å²) in [5, 5.41) is 3.25. The highest BCUT2D eigenvalue weighted by Gasteiger charge is 2.31. The first-order valence-corrected chi connectivity index (χ1v) is 3.73. The Balaban J connectivity index is 2.14. The predicted octanol–water partition coefficient (Wildman–Crippen LogP) is 2.03. The largest absolute Gasteiger partial charge is 0.130 e. The monoisotopic (exact) mass is 112 g/mol. The molecule has 2 rings (SSSR count). The van der Waals surface area contributed by atoms with Crippen molar-refractivity contribution in [1.29, 1.82) is 0 Å². The molecule has 0 saturated heterocycles. The zero-order chi connectivity index (χ0) is 4.69. The molecule has 0 aromatic carbocycles. The summed E-state index contributed by atoms with van der Waals surface area (Å²) < 4.78 is 0. The minimum Gasteiger partial charge on any atom is -0.130 e. The van der Waals surface area contributed by atoms with Gasteiger partial charge in [-0.25, -0.2) is 0 Å². The van der Waals surface area contributed by atoms with Crippen LogP contribution in [0.1, 0.15) is 12.8 Å². The Morgan fingerprint density at radius 3 is 2.71 bits per heavy atom. The topological polar surface area (TPSA) is 0 Å². The summed E-state index contributed by atoms with van der Waals surface area (Å²) in [7, 11) is 0. The van der Waals surface area contributed by atoms with Gasteiger partial charge in [0.15, 0.2) is 0 Å². The van der Waals surface area contributed by atoms with Gasteiger partial charge in [-0.15, -0.1) is 11.8 Å². The molecule has 38 valence electrons. The highest BCUT2D eigenvalue weighted by Crippen LogP contribution is 2.43. The standard InChI is InChI=1S/C6H8S/c1-2-6-5(1)3-4-7-6/h3-6H,1-2H2. The van der Waals surface area contributed by atoms with Crippen molar-refractivity contribution in [2.45, 2.75) is 18.1 Å². The second-order valence-corrected chi connectivity index (χ2v) is 3.39. The third kappa shape index (κ3) is 0.447. The molecule has 0 radical (unpaired) electrons. The normalized spacial score (nSPS) is 45.7. The van der Waals surface area contributed by atoms with E-state index in [4.69, 9.17) is 0 Å². The van der Waals surface area contributed by atoms with Crippen LogP contribution in [-0.2, 0) is 0 Å². The van der Waals surface area contributed by atoms with E-state index in [1.165, 1.54) is 12.8 Å². The van der Waals surface area contributed by atoms with E-state index in [-0.39, 0.29) is 0 Å². The van der Waals surface area contributed by atoms with Crippen molar-refractivity contribution in [1.82, 2.24) is 0 Å². The molecule has 2 atom stereocenters. The number of fused-ring (bicyclic) bond motifs is 1. The van der Waals surface area contributed by atoms with Gasteiger partial charge in [-0.2, -0.15) is 0 Å². The Kier molecular flexibility index (Phi) is 0.736. The summed E-state index contributed by atoms with van der Waals surface area (Å²) in [4.78, 5) is 0. The maximum absolute atomic E-state index is 2.35. The summed E-state index contributed by atoms with van der Waals surface area (Å²) >= 11 is 2.01. The van der Waals surface area contributed by atoms with Gasteiger partial charge in [0, 0.05) is 5.25 Å². The zero-order valence-corrected chi connectivity index (χ0v) is 4.95. The molecule has 0 aromatic rings. The number of rotatable bonds is 0. The number of hydrogen-bond donors (Lipinski definition) is 0. The van der Waals surface area contributed by atoms with Gasteiger partial charge < -0.3 is 0 Å². The van der Waals surface area contributed by atoms with Crippen LogP contribution in [0.4, 0.5) is 0 Å². The maximum atomic E-state index is 2.35. The van der Waals surface area contributed by atoms with Crippen LogP contribution < -0.4 is 0 Å². The van der Waals surface area contributed by atoms with Crippen LogP contribution in [-0.4, -0.2) is 5.25 Å². The fraction of sp³-hybridized carbons (Fsp3) is 0.667.